The molecule has 0 fully saturated rings. The zero-order chi connectivity index (χ0) is 43.5. The number of benzene rings is 2. The summed E-state index contributed by atoms with van der Waals surface area (Å²) in [5.74, 6) is -8.24. The largest absolute Gasteiger partial charge is 0.507 e. The summed E-state index contributed by atoms with van der Waals surface area (Å²) in [7, 11) is 6.27. The van der Waals surface area contributed by atoms with Crippen LogP contribution in [-0.2, 0) is 28.6 Å². The van der Waals surface area contributed by atoms with E-state index in [1.54, 1.807) is 53.9 Å². The lowest BCUT2D eigenvalue weighted by molar-refractivity contribution is -0.160. The Morgan fingerprint density at radius 1 is 0.948 bits per heavy atom. The quantitative estimate of drug-likeness (QED) is 0.156. The van der Waals surface area contributed by atoms with E-state index in [0.717, 1.165) is 0 Å². The van der Waals surface area contributed by atoms with Crippen LogP contribution < -0.4 is 14.8 Å². The van der Waals surface area contributed by atoms with Crippen LogP contribution in [0.15, 0.2) is 42.2 Å². The first kappa shape index (κ1) is 45.5. The van der Waals surface area contributed by atoms with Crippen LogP contribution in [0.1, 0.15) is 64.4 Å². The molecule has 3 heterocycles. The number of fused-ring (bicyclic) bond motifs is 14. The van der Waals surface area contributed by atoms with Crippen molar-refractivity contribution < 1.29 is 63.3 Å². The van der Waals surface area contributed by atoms with Crippen LogP contribution in [0.3, 0.4) is 0 Å². The average Bonchev–Trinajstić information content (AvgIpc) is 3.44. The number of phenols is 2. The molecule has 0 saturated heterocycles. The van der Waals surface area contributed by atoms with Gasteiger partial charge in [-0.15, -0.1) is 0 Å². The number of ether oxygens (including phenoxy) is 5. The Kier molecular flexibility index (Phi) is 14.3. The van der Waals surface area contributed by atoms with Crippen molar-refractivity contribution in [3.05, 3.63) is 53.3 Å². The summed E-state index contributed by atoms with van der Waals surface area (Å²) < 4.78 is 29.6. The van der Waals surface area contributed by atoms with Gasteiger partial charge in [-0.05, 0) is 19.9 Å². The predicted octanol–water partition coefficient (Wildman–Crippen LogP) is 4.36. The zero-order valence-electron chi connectivity index (χ0n) is 35.1. The first-order valence-corrected chi connectivity index (χ1v) is 19.0. The number of aliphatic hydroxyl groups is 2. The number of phenolic OH excluding ortho intramolecular Hbond substituents is 2. The third kappa shape index (κ3) is 9.09. The van der Waals surface area contributed by atoms with Crippen molar-refractivity contribution >= 4 is 40.0 Å². The van der Waals surface area contributed by atoms with E-state index in [0.29, 0.717) is 0 Å². The molecule has 0 spiro atoms. The highest BCUT2D eigenvalue weighted by molar-refractivity contribution is 6.21. The van der Waals surface area contributed by atoms with Gasteiger partial charge in [0, 0.05) is 88.4 Å². The van der Waals surface area contributed by atoms with E-state index in [1.165, 1.54) is 76.4 Å². The fourth-order valence-electron chi connectivity index (χ4n) is 7.20. The molecule has 5 rings (SSSR count). The summed E-state index contributed by atoms with van der Waals surface area (Å²) in [5.41, 5.74) is -0.0581. The number of aliphatic hydroxyl groups excluding tert-OH is 2. The van der Waals surface area contributed by atoms with E-state index in [9.17, 15) is 39.6 Å². The highest BCUT2D eigenvalue weighted by Gasteiger charge is 2.49. The molecule has 0 aromatic heterocycles. The number of likely N-dealkylation sites (N-methyl/N-ethyl adjacent to an activating group) is 1. The van der Waals surface area contributed by atoms with Crippen LogP contribution in [0.2, 0.25) is 0 Å². The summed E-state index contributed by atoms with van der Waals surface area (Å²) in [6.45, 7) is 12.0. The van der Waals surface area contributed by atoms with Crippen LogP contribution in [0.4, 0.5) is 5.69 Å². The highest BCUT2D eigenvalue weighted by Crippen LogP contribution is 2.54. The number of carbonyl (C=O) groups is 4. The van der Waals surface area contributed by atoms with Crippen molar-refractivity contribution in [3.63, 3.8) is 0 Å². The Morgan fingerprint density at radius 3 is 2.21 bits per heavy atom. The number of carbonyl (C=O) groups excluding carboxylic acids is 4. The van der Waals surface area contributed by atoms with Crippen LogP contribution in [0.25, 0.3) is 10.8 Å². The number of anilines is 1. The van der Waals surface area contributed by atoms with Crippen molar-refractivity contribution in [2.24, 2.45) is 23.7 Å². The van der Waals surface area contributed by atoms with Gasteiger partial charge < -0.3 is 49.4 Å². The first-order valence-electron chi connectivity index (χ1n) is 19.0. The molecule has 16 heteroatoms. The van der Waals surface area contributed by atoms with Crippen LogP contribution in [-0.4, -0.2) is 119 Å². The van der Waals surface area contributed by atoms with Crippen molar-refractivity contribution in [2.45, 2.75) is 85.6 Å². The molecule has 318 valence electrons. The number of amides is 2. The first-order chi connectivity index (χ1) is 27.1. The minimum Gasteiger partial charge on any atom is -0.507 e. The van der Waals surface area contributed by atoms with Gasteiger partial charge in [-0.2, -0.15) is 0 Å². The number of nitrogens with one attached hydrogen (secondary N) is 1. The molecule has 5 N–H and O–H groups in total. The van der Waals surface area contributed by atoms with E-state index in [2.05, 4.69) is 5.32 Å². The minimum atomic E-state index is -2.03. The number of aromatic hydroxyl groups is 2. The molecule has 2 amide bonds. The number of allylic oxidation sites excluding steroid dienone is 2. The molecule has 0 radical (unpaired) electrons. The second kappa shape index (κ2) is 18.2. The van der Waals surface area contributed by atoms with Crippen molar-refractivity contribution in [1.29, 1.82) is 0 Å². The number of ketones is 1. The van der Waals surface area contributed by atoms with E-state index in [-0.39, 0.29) is 44.7 Å². The fourth-order valence-corrected chi connectivity index (χ4v) is 7.20. The third-order valence-electron chi connectivity index (χ3n) is 11.1. The number of hydrazine groups is 1. The number of esters is 1. The molecule has 0 unspecified atom stereocenters. The molecule has 5 bridgehead atoms. The average molecular weight is 812 g/mol. The Hall–Kier alpha value is -5.16. The maximum Gasteiger partial charge on any atom is 0.312 e. The van der Waals surface area contributed by atoms with Gasteiger partial charge in [-0.25, -0.2) is 5.01 Å². The molecule has 0 saturated carbocycles. The summed E-state index contributed by atoms with van der Waals surface area (Å²) in [4.78, 5) is 53.3. The maximum atomic E-state index is 14.4. The Bertz CT molecular complexity index is 2010. The SMILES string of the molecule is CO[C@H]1/C=C/O[C@@]2(C)Oc3c(C)c(O)c4c(O)c(cc(OCC(=O)N(C)N(C)C)c4c3C2=O)NC(=O)/C(C)=C\C=C\[C@H](C)[C@H](O)[C@@H](C)[C@@H](O)[C@@H](C)[C@H](OC(C)=O)[C@@H]1C. The van der Waals surface area contributed by atoms with Crippen molar-refractivity contribution in [1.82, 2.24) is 10.0 Å². The van der Waals surface area contributed by atoms with Crippen LogP contribution in [0, 0.1) is 30.6 Å². The topological polar surface area (TPSA) is 214 Å². The molecule has 3 aliphatic rings. The molecule has 0 aliphatic carbocycles. The molecule has 16 nitrogen and oxygen atoms in total. The molecule has 2 aromatic rings. The van der Waals surface area contributed by atoms with Gasteiger partial charge in [0.2, 0.25) is 0 Å². The monoisotopic (exact) mass is 811 g/mol. The van der Waals surface area contributed by atoms with Crippen molar-refractivity contribution in [3.8, 4) is 23.0 Å². The summed E-state index contributed by atoms with van der Waals surface area (Å²) in [6.07, 6.45) is 3.55. The van der Waals surface area contributed by atoms with Gasteiger partial charge >= 0.3 is 11.8 Å². The number of methoxy groups -OCH3 is 1. The van der Waals surface area contributed by atoms with Gasteiger partial charge in [0.05, 0.1) is 41.2 Å². The molecule has 3 aliphatic heterocycles. The lowest BCUT2D eigenvalue weighted by Gasteiger charge is -2.38. The number of rotatable bonds is 6. The fraction of sp³-hybridized carbons (Fsp3) is 0.524. The smallest absolute Gasteiger partial charge is 0.312 e. The Balaban J connectivity index is 1.94. The zero-order valence-corrected chi connectivity index (χ0v) is 35.1. The maximum absolute atomic E-state index is 14.4. The second-order valence-corrected chi connectivity index (χ2v) is 15.5. The van der Waals surface area contributed by atoms with Crippen LogP contribution in [0.5, 0.6) is 23.0 Å². The molecular formula is C42H57N3O13. The Morgan fingerprint density at radius 2 is 1.60 bits per heavy atom. The van der Waals surface area contributed by atoms with Gasteiger partial charge in [-0.3, -0.25) is 24.2 Å². The van der Waals surface area contributed by atoms with Crippen LogP contribution >= 0.6 is 0 Å². The number of Topliss-reactive ketones (excluding diaryl/α,β-unsaturated/α-hetero) is 1. The minimum absolute atomic E-state index is 0.0673. The van der Waals surface area contributed by atoms with Crippen molar-refractivity contribution in [2.75, 3.05) is 40.2 Å². The standard InChI is InChI=1S/C42H57N3O13/c1-20-14-13-15-21(2)41(53)43-27-18-29(55-19-30(47)45(11)44(9)10)31-32(37(27)51)36(50)25(6)39-33(31)40(52)42(8,58-39)56-17-16-28(54-12)22(3)38(57-26(7)46)24(5)35(49)23(4)34(20)48/h13-18,20,22-24,28,34-35,38,48-51H,19H2,1-12H3,(H,43,53)/b14-13+,17-16+,21-15-/t20-,22+,23+,24+,28-,34-,35+,38+,42-/m0/s1. The van der Waals surface area contributed by atoms with E-state index in [4.69, 9.17) is 23.7 Å². The molecular weight excluding hydrogens is 754 g/mol. The Labute approximate surface area is 338 Å². The third-order valence-corrected chi connectivity index (χ3v) is 11.1. The van der Waals surface area contributed by atoms with E-state index >= 15 is 0 Å². The number of hydrogen-bond acceptors (Lipinski definition) is 14. The summed E-state index contributed by atoms with van der Waals surface area (Å²) in [5, 5.41) is 51.1. The van der Waals surface area contributed by atoms with Gasteiger partial charge in [0.15, 0.2) is 12.4 Å². The van der Waals surface area contributed by atoms with E-state index < -0.39 is 95.5 Å². The molecule has 2 aromatic carbocycles. The second-order valence-electron chi connectivity index (χ2n) is 15.5. The highest BCUT2D eigenvalue weighted by atomic mass is 16.7. The summed E-state index contributed by atoms with van der Waals surface area (Å²) >= 11 is 0. The van der Waals surface area contributed by atoms with Gasteiger partial charge in [0.25, 0.3) is 17.6 Å². The predicted molar refractivity (Wildman–Crippen MR) is 214 cm³/mol. The lowest BCUT2D eigenvalue weighted by Crippen LogP contribution is -2.46. The van der Waals surface area contributed by atoms with Gasteiger partial charge in [0.1, 0.15) is 23.4 Å². The molecule has 58 heavy (non-hydrogen) atoms. The van der Waals surface area contributed by atoms with Gasteiger partial charge in [-0.1, -0.05) is 45.9 Å². The molecule has 9 atom stereocenters. The number of nitrogens with zero attached hydrogens (tertiary/aromatic N) is 2. The lowest BCUT2D eigenvalue weighted by atomic mass is 9.78. The normalized spacial score (nSPS) is 30.2. The summed E-state index contributed by atoms with van der Waals surface area (Å²) in [6, 6.07) is 1.25. The number of hydrogen-bond donors (Lipinski definition) is 5. The van der Waals surface area contributed by atoms with E-state index in [1.807, 2.05) is 0 Å².